The highest BCUT2D eigenvalue weighted by molar-refractivity contribution is 6.06. The first-order valence-corrected chi connectivity index (χ1v) is 7.44. The number of hydrogen-bond acceptors (Lipinski definition) is 2. The second kappa shape index (κ2) is 5.21. The molecule has 0 aliphatic carbocycles. The highest BCUT2D eigenvalue weighted by Gasteiger charge is 2.40. The van der Waals surface area contributed by atoms with E-state index in [-0.39, 0.29) is 5.91 Å². The molecule has 1 heterocycles. The molecule has 3 heteroatoms. The Morgan fingerprint density at radius 2 is 1.95 bits per heavy atom. The Kier molecular flexibility index (Phi) is 3.92. The van der Waals surface area contributed by atoms with Crippen molar-refractivity contribution in [2.75, 3.05) is 5.32 Å². The molecule has 0 saturated heterocycles. The van der Waals surface area contributed by atoms with Crippen LogP contribution in [0.25, 0.3) is 0 Å². The average molecular weight is 275 g/mol. The highest BCUT2D eigenvalue weighted by Crippen LogP contribution is 2.43. The predicted molar refractivity (Wildman–Crippen MR) is 81.9 cm³/mol. The highest BCUT2D eigenvalue weighted by atomic mass is 16.3. The van der Waals surface area contributed by atoms with Crippen molar-refractivity contribution in [1.82, 2.24) is 0 Å². The zero-order chi connectivity index (χ0) is 15.1. The van der Waals surface area contributed by atoms with Crippen LogP contribution in [0.3, 0.4) is 0 Å². The topological polar surface area (TPSA) is 49.3 Å². The zero-order valence-electron chi connectivity index (χ0n) is 13.1. The number of amides is 1. The summed E-state index contributed by atoms with van der Waals surface area (Å²) >= 11 is 0. The van der Waals surface area contributed by atoms with E-state index in [1.807, 2.05) is 19.9 Å². The van der Waals surface area contributed by atoms with Gasteiger partial charge in [-0.3, -0.25) is 4.79 Å². The number of nitrogens with one attached hydrogen (secondary N) is 1. The third kappa shape index (κ3) is 2.47. The molecule has 1 aromatic rings. The Hall–Kier alpha value is -1.35. The third-order valence-electron chi connectivity index (χ3n) is 4.17. The minimum atomic E-state index is -0.524. The summed E-state index contributed by atoms with van der Waals surface area (Å²) < 4.78 is 0. The summed E-state index contributed by atoms with van der Waals surface area (Å²) in [4.78, 5) is 12.2. The molecule has 1 aromatic carbocycles. The minimum absolute atomic E-state index is 0.0127. The summed E-state index contributed by atoms with van der Waals surface area (Å²) in [6, 6.07) is 4.13. The van der Waals surface area contributed by atoms with Gasteiger partial charge in [0, 0.05) is 5.56 Å². The molecule has 0 spiro atoms. The molecule has 1 unspecified atom stereocenters. The lowest BCUT2D eigenvalue weighted by atomic mass is 9.83. The molecule has 3 nitrogen and oxygen atoms in total. The van der Waals surface area contributed by atoms with Crippen LogP contribution in [0.4, 0.5) is 5.69 Å². The van der Waals surface area contributed by atoms with E-state index in [0.717, 1.165) is 23.2 Å². The number of carbonyl (C=O) groups is 1. The van der Waals surface area contributed by atoms with Crippen molar-refractivity contribution < 1.29 is 9.90 Å². The Labute approximate surface area is 121 Å². The van der Waals surface area contributed by atoms with E-state index < -0.39 is 11.5 Å². The summed E-state index contributed by atoms with van der Waals surface area (Å²) in [6.45, 7) is 10.2. The van der Waals surface area contributed by atoms with Gasteiger partial charge in [0.2, 0.25) is 5.91 Å². The van der Waals surface area contributed by atoms with E-state index in [4.69, 9.17) is 0 Å². The van der Waals surface area contributed by atoms with Gasteiger partial charge in [-0.25, -0.2) is 0 Å². The van der Waals surface area contributed by atoms with Crippen LogP contribution in [0.2, 0.25) is 0 Å². The lowest BCUT2D eigenvalue weighted by Gasteiger charge is -2.20. The van der Waals surface area contributed by atoms with Gasteiger partial charge in [0.1, 0.15) is 0 Å². The smallest absolute Gasteiger partial charge is 0.234 e. The van der Waals surface area contributed by atoms with E-state index in [1.165, 1.54) is 5.56 Å². The molecule has 20 heavy (non-hydrogen) atoms. The molecule has 1 aliphatic rings. The first kappa shape index (κ1) is 15.0. The Balaban J connectivity index is 2.54. The summed E-state index contributed by atoms with van der Waals surface area (Å²) in [7, 11) is 0. The van der Waals surface area contributed by atoms with Crippen LogP contribution in [-0.2, 0) is 16.6 Å². The van der Waals surface area contributed by atoms with Crippen molar-refractivity contribution in [1.29, 1.82) is 0 Å². The minimum Gasteiger partial charge on any atom is -0.388 e. The Morgan fingerprint density at radius 1 is 1.30 bits per heavy atom. The first-order chi connectivity index (χ1) is 9.27. The number of rotatable bonds is 4. The van der Waals surface area contributed by atoms with E-state index in [1.54, 1.807) is 0 Å². The molecule has 0 aromatic heterocycles. The number of anilines is 1. The van der Waals surface area contributed by atoms with Gasteiger partial charge in [-0.2, -0.15) is 0 Å². The van der Waals surface area contributed by atoms with Crippen LogP contribution in [0, 0.1) is 5.92 Å². The second-order valence-corrected chi connectivity index (χ2v) is 6.69. The van der Waals surface area contributed by atoms with Crippen molar-refractivity contribution in [2.24, 2.45) is 5.92 Å². The van der Waals surface area contributed by atoms with Gasteiger partial charge >= 0.3 is 0 Å². The maximum atomic E-state index is 12.2. The number of carbonyl (C=O) groups excluding carboxylic acids is 1. The SMILES string of the molecule is CCc1cc(C(O)CC(C)C)c2c(c1)C(C)(C)C(=O)N2. The average Bonchev–Trinajstić information content (AvgIpc) is 2.59. The molecule has 0 bridgehead atoms. The molecule has 2 rings (SSSR count). The van der Waals surface area contributed by atoms with Gasteiger partial charge in [0.05, 0.1) is 17.2 Å². The lowest BCUT2D eigenvalue weighted by molar-refractivity contribution is -0.119. The maximum Gasteiger partial charge on any atom is 0.234 e. The van der Waals surface area contributed by atoms with E-state index in [0.29, 0.717) is 12.3 Å². The van der Waals surface area contributed by atoms with Gasteiger partial charge in [0.25, 0.3) is 0 Å². The van der Waals surface area contributed by atoms with Crippen molar-refractivity contribution in [3.8, 4) is 0 Å². The van der Waals surface area contributed by atoms with Crippen LogP contribution in [0.1, 0.15) is 63.8 Å². The number of benzene rings is 1. The standard InChI is InChI=1S/C17H25NO2/c1-6-11-8-12(14(19)7-10(2)3)15-13(9-11)17(4,5)16(20)18-15/h8-10,14,19H,6-7H2,1-5H3,(H,18,20). The largest absolute Gasteiger partial charge is 0.388 e. The third-order valence-corrected chi connectivity index (χ3v) is 4.17. The number of fused-ring (bicyclic) bond motifs is 1. The molecule has 1 amide bonds. The number of hydrogen-bond donors (Lipinski definition) is 2. The fraction of sp³-hybridized carbons (Fsp3) is 0.588. The van der Waals surface area contributed by atoms with E-state index >= 15 is 0 Å². The quantitative estimate of drug-likeness (QED) is 0.882. The van der Waals surface area contributed by atoms with Crippen molar-refractivity contribution in [3.05, 3.63) is 28.8 Å². The fourth-order valence-electron chi connectivity index (χ4n) is 2.79. The molecule has 0 saturated carbocycles. The van der Waals surface area contributed by atoms with E-state index in [2.05, 4.69) is 32.2 Å². The van der Waals surface area contributed by atoms with Crippen LogP contribution in [0.5, 0.6) is 0 Å². The van der Waals surface area contributed by atoms with E-state index in [9.17, 15) is 9.90 Å². The lowest BCUT2D eigenvalue weighted by Crippen LogP contribution is -2.26. The normalized spacial score (nSPS) is 18.1. The molecule has 110 valence electrons. The molecular weight excluding hydrogens is 250 g/mol. The molecule has 1 atom stereocenters. The second-order valence-electron chi connectivity index (χ2n) is 6.69. The van der Waals surface area contributed by atoms with Crippen LogP contribution in [0.15, 0.2) is 12.1 Å². The van der Waals surface area contributed by atoms with Crippen molar-refractivity contribution in [2.45, 2.75) is 59.0 Å². The van der Waals surface area contributed by atoms with Crippen molar-refractivity contribution in [3.63, 3.8) is 0 Å². The zero-order valence-corrected chi connectivity index (χ0v) is 13.1. The molecule has 1 aliphatic heterocycles. The monoisotopic (exact) mass is 275 g/mol. The molecule has 0 radical (unpaired) electrons. The van der Waals surface area contributed by atoms with Gasteiger partial charge < -0.3 is 10.4 Å². The fourth-order valence-corrected chi connectivity index (χ4v) is 2.79. The van der Waals surface area contributed by atoms with Gasteiger partial charge in [-0.05, 0) is 43.7 Å². The van der Waals surface area contributed by atoms with Crippen LogP contribution >= 0.6 is 0 Å². The Morgan fingerprint density at radius 3 is 2.50 bits per heavy atom. The summed E-state index contributed by atoms with van der Waals surface area (Å²) in [6.07, 6.45) is 1.08. The van der Waals surface area contributed by atoms with Gasteiger partial charge in [-0.15, -0.1) is 0 Å². The number of aryl methyl sites for hydroxylation is 1. The van der Waals surface area contributed by atoms with Gasteiger partial charge in [0.15, 0.2) is 0 Å². The molecule has 0 fully saturated rings. The number of aliphatic hydroxyl groups is 1. The first-order valence-electron chi connectivity index (χ1n) is 7.44. The van der Waals surface area contributed by atoms with Crippen molar-refractivity contribution >= 4 is 11.6 Å². The summed E-state index contributed by atoms with van der Waals surface area (Å²) in [5.41, 5.74) is 3.36. The maximum absolute atomic E-state index is 12.2. The van der Waals surface area contributed by atoms with Crippen LogP contribution < -0.4 is 5.32 Å². The molecule has 2 N–H and O–H groups in total. The summed E-state index contributed by atoms with van der Waals surface area (Å²) in [5, 5.41) is 13.4. The van der Waals surface area contributed by atoms with Gasteiger partial charge in [-0.1, -0.05) is 32.9 Å². The van der Waals surface area contributed by atoms with Crippen LogP contribution in [-0.4, -0.2) is 11.0 Å². The Bertz CT molecular complexity index is 532. The number of aliphatic hydroxyl groups excluding tert-OH is 1. The predicted octanol–water partition coefficient (Wildman–Crippen LogP) is 3.56. The molecular formula is C17H25NO2. The summed E-state index contributed by atoms with van der Waals surface area (Å²) in [5.74, 6) is 0.426.